The Morgan fingerprint density at radius 1 is 1.39 bits per heavy atom. The van der Waals surface area contributed by atoms with Crippen molar-refractivity contribution in [2.75, 3.05) is 12.4 Å². The number of alkyl halides is 3. The van der Waals surface area contributed by atoms with Gasteiger partial charge in [0.2, 0.25) is 0 Å². The molecule has 2 aromatic rings. The number of nitrogens with zero attached hydrogens (tertiary/aromatic N) is 3. The smallest absolute Gasteiger partial charge is 0.386 e. The average Bonchev–Trinajstić information content (AvgIpc) is 2.76. The van der Waals surface area contributed by atoms with Crippen LogP contribution in [0.5, 0.6) is 0 Å². The molecule has 0 amide bonds. The molecule has 18 heavy (non-hydrogen) atoms. The van der Waals surface area contributed by atoms with Gasteiger partial charge in [-0.2, -0.15) is 18.3 Å². The maximum atomic E-state index is 12.5. The summed E-state index contributed by atoms with van der Waals surface area (Å²) in [5, 5.41) is 6.89. The number of rotatable bonds is 3. The van der Waals surface area contributed by atoms with E-state index >= 15 is 0 Å². The van der Waals surface area contributed by atoms with E-state index in [1.54, 1.807) is 19.4 Å². The highest BCUT2D eigenvalue weighted by molar-refractivity contribution is 5.37. The Morgan fingerprint density at radius 2 is 2.17 bits per heavy atom. The van der Waals surface area contributed by atoms with Gasteiger partial charge in [0.05, 0.1) is 29.7 Å². The molecule has 0 fully saturated rings. The van der Waals surface area contributed by atoms with Crippen molar-refractivity contribution in [3.63, 3.8) is 0 Å². The van der Waals surface area contributed by atoms with Crippen molar-refractivity contribution < 1.29 is 13.2 Å². The Hall–Kier alpha value is -2.05. The highest BCUT2D eigenvalue weighted by atomic mass is 19.4. The van der Waals surface area contributed by atoms with E-state index in [4.69, 9.17) is 0 Å². The molecular formula is C11H11F3N4. The van der Waals surface area contributed by atoms with Crippen LogP contribution >= 0.6 is 0 Å². The van der Waals surface area contributed by atoms with E-state index in [1.807, 2.05) is 0 Å². The first-order valence-electron chi connectivity index (χ1n) is 5.21. The van der Waals surface area contributed by atoms with Gasteiger partial charge in [-0.15, -0.1) is 0 Å². The fraction of sp³-hybridized carbons (Fsp3) is 0.273. The number of nitrogens with one attached hydrogen (secondary N) is 1. The zero-order valence-electron chi connectivity index (χ0n) is 9.57. The molecule has 0 aliphatic carbocycles. The first-order valence-corrected chi connectivity index (χ1v) is 5.21. The second-order valence-corrected chi connectivity index (χ2v) is 3.71. The average molecular weight is 256 g/mol. The normalized spacial score (nSPS) is 11.6. The fourth-order valence-electron chi connectivity index (χ4n) is 1.49. The van der Waals surface area contributed by atoms with Gasteiger partial charge in [0.25, 0.3) is 0 Å². The molecule has 0 aromatic carbocycles. The maximum Gasteiger partial charge on any atom is 0.416 e. The molecule has 4 nitrogen and oxygen atoms in total. The molecule has 0 unspecified atom stereocenters. The minimum absolute atomic E-state index is 0.200. The highest BCUT2D eigenvalue weighted by Crippen LogP contribution is 2.29. The number of halogens is 3. The molecule has 0 radical (unpaired) electrons. The lowest BCUT2D eigenvalue weighted by atomic mass is 10.2. The zero-order chi connectivity index (χ0) is 13.2. The van der Waals surface area contributed by atoms with Gasteiger partial charge in [-0.3, -0.25) is 9.67 Å². The minimum Gasteiger partial charge on any atom is -0.386 e. The number of pyridine rings is 1. The molecule has 0 saturated carbocycles. The van der Waals surface area contributed by atoms with Crippen molar-refractivity contribution in [1.82, 2.24) is 14.8 Å². The van der Waals surface area contributed by atoms with E-state index < -0.39 is 11.7 Å². The van der Waals surface area contributed by atoms with Gasteiger partial charge in [-0.05, 0) is 12.1 Å². The van der Waals surface area contributed by atoms with Crippen LogP contribution in [0.2, 0.25) is 0 Å². The maximum absolute atomic E-state index is 12.5. The summed E-state index contributed by atoms with van der Waals surface area (Å²) in [5.41, 5.74) is 0.408. The van der Waals surface area contributed by atoms with Crippen LogP contribution in [-0.2, 0) is 12.7 Å². The fourth-order valence-corrected chi connectivity index (χ4v) is 1.49. The Kier molecular flexibility index (Phi) is 3.22. The molecule has 0 aliphatic rings. The van der Waals surface area contributed by atoms with Gasteiger partial charge in [0, 0.05) is 19.4 Å². The van der Waals surface area contributed by atoms with Crippen molar-refractivity contribution in [2.24, 2.45) is 0 Å². The molecule has 1 N–H and O–H groups in total. The predicted molar refractivity (Wildman–Crippen MR) is 60.1 cm³/mol. The van der Waals surface area contributed by atoms with Gasteiger partial charge in [0.15, 0.2) is 0 Å². The van der Waals surface area contributed by atoms with Crippen molar-refractivity contribution in [3.05, 3.63) is 42.0 Å². The van der Waals surface area contributed by atoms with Crippen LogP contribution in [0.4, 0.5) is 18.9 Å². The predicted octanol–water partition coefficient (Wildman–Crippen LogP) is 2.39. The van der Waals surface area contributed by atoms with Crippen LogP contribution in [-0.4, -0.2) is 21.8 Å². The molecule has 2 rings (SSSR count). The molecule has 96 valence electrons. The molecule has 0 saturated heterocycles. The molecule has 0 spiro atoms. The lowest BCUT2D eigenvalue weighted by Gasteiger charge is -2.08. The Balaban J connectivity index is 2.19. The number of hydrogen-bond acceptors (Lipinski definition) is 3. The lowest BCUT2D eigenvalue weighted by Crippen LogP contribution is -2.08. The lowest BCUT2D eigenvalue weighted by molar-refractivity contribution is -0.137. The van der Waals surface area contributed by atoms with E-state index in [1.165, 1.54) is 4.68 Å². The third-order valence-corrected chi connectivity index (χ3v) is 2.39. The second-order valence-electron chi connectivity index (χ2n) is 3.71. The van der Waals surface area contributed by atoms with E-state index in [0.717, 1.165) is 24.0 Å². The highest BCUT2D eigenvalue weighted by Gasteiger charge is 2.30. The Labute approximate surface area is 101 Å². The van der Waals surface area contributed by atoms with E-state index in [0.29, 0.717) is 5.69 Å². The van der Waals surface area contributed by atoms with Crippen LogP contribution in [0.3, 0.4) is 0 Å². The van der Waals surface area contributed by atoms with E-state index in [2.05, 4.69) is 15.4 Å². The molecule has 0 bridgehead atoms. The summed E-state index contributed by atoms with van der Waals surface area (Å²) in [4.78, 5) is 3.90. The largest absolute Gasteiger partial charge is 0.416 e. The van der Waals surface area contributed by atoms with Gasteiger partial charge < -0.3 is 5.32 Å². The van der Waals surface area contributed by atoms with Crippen LogP contribution < -0.4 is 5.32 Å². The molecule has 7 heteroatoms. The van der Waals surface area contributed by atoms with Crippen LogP contribution in [0.15, 0.2) is 30.7 Å². The summed E-state index contributed by atoms with van der Waals surface area (Å²) >= 11 is 0. The molecule has 2 heterocycles. The Morgan fingerprint density at radius 3 is 2.78 bits per heavy atom. The van der Waals surface area contributed by atoms with Gasteiger partial charge in [0.1, 0.15) is 0 Å². The summed E-state index contributed by atoms with van der Waals surface area (Å²) in [6, 6.07) is 1.98. The van der Waals surface area contributed by atoms with Crippen molar-refractivity contribution in [1.29, 1.82) is 0 Å². The summed E-state index contributed by atoms with van der Waals surface area (Å²) in [6.45, 7) is 0.200. The Bertz CT molecular complexity index is 533. The SMILES string of the molecule is CNc1cnn(Cc2cc(C(F)(F)F)ccn2)c1. The molecule has 0 atom stereocenters. The van der Waals surface area contributed by atoms with E-state index in [9.17, 15) is 13.2 Å². The van der Waals surface area contributed by atoms with E-state index in [-0.39, 0.29) is 6.54 Å². The number of hydrogen-bond donors (Lipinski definition) is 1. The second kappa shape index (κ2) is 4.67. The third-order valence-electron chi connectivity index (χ3n) is 2.39. The number of aromatic nitrogens is 3. The number of anilines is 1. The third kappa shape index (κ3) is 2.79. The summed E-state index contributed by atoms with van der Waals surface area (Å²) in [6.07, 6.45) is 0.0914. The molecule has 2 aromatic heterocycles. The standard InChI is InChI=1S/C11H11F3N4/c1-15-10-5-17-18(7-10)6-9-4-8(2-3-16-9)11(12,13)14/h2-5,7,15H,6H2,1H3. The van der Waals surface area contributed by atoms with Crippen LogP contribution in [0.25, 0.3) is 0 Å². The summed E-state index contributed by atoms with van der Waals surface area (Å²) in [7, 11) is 1.74. The summed E-state index contributed by atoms with van der Waals surface area (Å²) < 4.78 is 39.0. The monoisotopic (exact) mass is 256 g/mol. The minimum atomic E-state index is -4.35. The van der Waals surface area contributed by atoms with Gasteiger partial charge in [-0.25, -0.2) is 0 Å². The summed E-state index contributed by atoms with van der Waals surface area (Å²) in [5.74, 6) is 0. The zero-order valence-corrected chi connectivity index (χ0v) is 9.57. The molecular weight excluding hydrogens is 245 g/mol. The first kappa shape index (κ1) is 12.4. The molecule has 0 aliphatic heterocycles. The van der Waals surface area contributed by atoms with Crippen molar-refractivity contribution >= 4 is 5.69 Å². The van der Waals surface area contributed by atoms with Gasteiger partial charge in [-0.1, -0.05) is 0 Å². The van der Waals surface area contributed by atoms with Crippen LogP contribution in [0, 0.1) is 0 Å². The van der Waals surface area contributed by atoms with Gasteiger partial charge >= 0.3 is 6.18 Å². The van der Waals surface area contributed by atoms with Crippen LogP contribution in [0.1, 0.15) is 11.3 Å². The van der Waals surface area contributed by atoms with Crippen molar-refractivity contribution in [2.45, 2.75) is 12.7 Å². The quantitative estimate of drug-likeness (QED) is 0.916. The topological polar surface area (TPSA) is 42.7 Å². The van der Waals surface area contributed by atoms with Crippen molar-refractivity contribution in [3.8, 4) is 0 Å². The first-order chi connectivity index (χ1) is 8.49.